The molecule has 0 radical (unpaired) electrons. The Morgan fingerprint density at radius 1 is 1.00 bits per heavy atom. The van der Waals surface area contributed by atoms with Crippen molar-refractivity contribution < 1.29 is 29.4 Å². The summed E-state index contributed by atoms with van der Waals surface area (Å²) in [6.07, 6.45) is -0.773. The first-order chi connectivity index (χ1) is 11.5. The van der Waals surface area contributed by atoms with Crippen LogP contribution in [0.5, 0.6) is 0 Å². The van der Waals surface area contributed by atoms with Crippen LogP contribution in [-0.2, 0) is 19.2 Å². The third-order valence-corrected chi connectivity index (χ3v) is 3.33. The van der Waals surface area contributed by atoms with E-state index in [0.29, 0.717) is 6.42 Å². The number of hydrogen-bond donors (Lipinski definition) is 6. The van der Waals surface area contributed by atoms with E-state index in [1.165, 1.54) is 13.8 Å². The van der Waals surface area contributed by atoms with Crippen molar-refractivity contribution in [2.75, 3.05) is 6.54 Å². The molecule has 0 aromatic rings. The summed E-state index contributed by atoms with van der Waals surface area (Å²) in [4.78, 5) is 46.5. The lowest BCUT2D eigenvalue weighted by Crippen LogP contribution is -2.54. The van der Waals surface area contributed by atoms with E-state index in [1.807, 2.05) is 13.8 Å². The Kier molecular flexibility index (Phi) is 9.69. The van der Waals surface area contributed by atoms with Gasteiger partial charge in [0.05, 0.1) is 12.6 Å². The van der Waals surface area contributed by atoms with Crippen molar-refractivity contribution in [3.63, 3.8) is 0 Å². The standard InChI is InChI=1S/C15H28N4O6/c1-7(2)5-10(13(22)18-8(3)15(24)25)19-11(21)6-17-14(23)12(16)9(4)20/h7-10,12,20H,5-6,16H2,1-4H3,(H,17,23)(H,18,22)(H,19,21)(H,24,25). The first-order valence-electron chi connectivity index (χ1n) is 7.99. The molecule has 7 N–H and O–H groups in total. The third kappa shape index (κ3) is 9.01. The molecule has 0 fully saturated rings. The van der Waals surface area contributed by atoms with E-state index >= 15 is 0 Å². The highest BCUT2D eigenvalue weighted by Gasteiger charge is 2.25. The number of hydrogen-bond acceptors (Lipinski definition) is 6. The normalized spacial score (nSPS) is 15.6. The molecule has 0 rings (SSSR count). The maximum absolute atomic E-state index is 12.1. The van der Waals surface area contributed by atoms with Crippen LogP contribution in [-0.4, -0.2) is 64.7 Å². The van der Waals surface area contributed by atoms with E-state index in [4.69, 9.17) is 10.8 Å². The third-order valence-electron chi connectivity index (χ3n) is 3.33. The number of aliphatic hydroxyl groups excluding tert-OH is 1. The van der Waals surface area contributed by atoms with Crippen LogP contribution >= 0.6 is 0 Å². The molecule has 4 atom stereocenters. The van der Waals surface area contributed by atoms with Crippen molar-refractivity contribution in [1.82, 2.24) is 16.0 Å². The minimum absolute atomic E-state index is 0.0643. The summed E-state index contributed by atoms with van der Waals surface area (Å²) in [6.45, 7) is 5.92. The van der Waals surface area contributed by atoms with Gasteiger partial charge in [-0.3, -0.25) is 19.2 Å². The Morgan fingerprint density at radius 2 is 1.56 bits per heavy atom. The van der Waals surface area contributed by atoms with E-state index in [2.05, 4.69) is 16.0 Å². The smallest absolute Gasteiger partial charge is 0.325 e. The average molecular weight is 360 g/mol. The number of carbonyl (C=O) groups is 4. The second kappa shape index (κ2) is 10.6. The fraction of sp³-hybridized carbons (Fsp3) is 0.733. The highest BCUT2D eigenvalue weighted by molar-refractivity contribution is 5.92. The molecule has 0 aliphatic carbocycles. The Morgan fingerprint density at radius 3 is 2.00 bits per heavy atom. The van der Waals surface area contributed by atoms with E-state index in [1.54, 1.807) is 0 Å². The molecule has 10 nitrogen and oxygen atoms in total. The topological polar surface area (TPSA) is 171 Å². The van der Waals surface area contributed by atoms with E-state index in [0.717, 1.165) is 0 Å². The maximum Gasteiger partial charge on any atom is 0.325 e. The van der Waals surface area contributed by atoms with Gasteiger partial charge in [0.15, 0.2) is 0 Å². The van der Waals surface area contributed by atoms with Crippen LogP contribution in [0.4, 0.5) is 0 Å². The number of carbonyl (C=O) groups excluding carboxylic acids is 3. The molecule has 0 bridgehead atoms. The van der Waals surface area contributed by atoms with Gasteiger partial charge in [-0.1, -0.05) is 13.8 Å². The van der Waals surface area contributed by atoms with Gasteiger partial charge in [-0.2, -0.15) is 0 Å². The SMILES string of the molecule is CC(C)CC(NC(=O)CNC(=O)C(N)C(C)O)C(=O)NC(C)C(=O)O. The average Bonchev–Trinajstić information content (AvgIpc) is 2.50. The molecule has 0 heterocycles. The molecule has 0 aliphatic heterocycles. The zero-order valence-corrected chi connectivity index (χ0v) is 14.9. The summed E-state index contributed by atoms with van der Waals surface area (Å²) in [7, 11) is 0. The molecule has 0 saturated carbocycles. The summed E-state index contributed by atoms with van der Waals surface area (Å²) in [5.41, 5.74) is 5.43. The Labute approximate surface area is 146 Å². The molecule has 3 amide bonds. The zero-order chi connectivity index (χ0) is 19.7. The van der Waals surface area contributed by atoms with Gasteiger partial charge >= 0.3 is 5.97 Å². The number of nitrogens with two attached hydrogens (primary N) is 1. The van der Waals surface area contributed by atoms with Crippen LogP contribution in [0.3, 0.4) is 0 Å². The molecule has 4 unspecified atom stereocenters. The van der Waals surface area contributed by atoms with Crippen LogP contribution in [0.25, 0.3) is 0 Å². The summed E-state index contributed by atoms with van der Waals surface area (Å²) < 4.78 is 0. The second-order valence-corrected chi connectivity index (χ2v) is 6.30. The van der Waals surface area contributed by atoms with E-state index in [-0.39, 0.29) is 5.92 Å². The van der Waals surface area contributed by atoms with Gasteiger partial charge in [0, 0.05) is 0 Å². The molecule has 0 saturated heterocycles. The summed E-state index contributed by atoms with van der Waals surface area (Å²) in [6, 6.07) is -3.20. The number of aliphatic hydroxyl groups is 1. The minimum Gasteiger partial charge on any atom is -0.480 e. The summed E-state index contributed by atoms with van der Waals surface area (Å²) in [5.74, 6) is -3.08. The number of carboxylic acid groups (broad SMARTS) is 1. The van der Waals surface area contributed by atoms with Crippen LogP contribution in [0, 0.1) is 5.92 Å². The van der Waals surface area contributed by atoms with Crippen molar-refractivity contribution >= 4 is 23.7 Å². The van der Waals surface area contributed by atoms with Crippen molar-refractivity contribution in [3.8, 4) is 0 Å². The van der Waals surface area contributed by atoms with Crippen LogP contribution in [0.1, 0.15) is 34.1 Å². The number of carboxylic acids is 1. The molecule has 0 aromatic carbocycles. The highest BCUT2D eigenvalue weighted by atomic mass is 16.4. The van der Waals surface area contributed by atoms with Gasteiger partial charge in [-0.15, -0.1) is 0 Å². The molecule has 0 aliphatic rings. The van der Waals surface area contributed by atoms with Gasteiger partial charge in [-0.25, -0.2) is 0 Å². The summed E-state index contributed by atoms with van der Waals surface area (Å²) in [5, 5.41) is 25.1. The quantitative estimate of drug-likeness (QED) is 0.260. The van der Waals surface area contributed by atoms with Crippen LogP contribution < -0.4 is 21.7 Å². The Bertz CT molecular complexity index is 494. The number of nitrogens with one attached hydrogen (secondary N) is 3. The molecule has 0 spiro atoms. The lowest BCUT2D eigenvalue weighted by molar-refractivity contribution is -0.141. The van der Waals surface area contributed by atoms with Gasteiger partial charge in [-0.05, 0) is 26.2 Å². The number of amides is 3. The molecule has 10 heteroatoms. The predicted molar refractivity (Wildman–Crippen MR) is 89.3 cm³/mol. The summed E-state index contributed by atoms with van der Waals surface area (Å²) >= 11 is 0. The van der Waals surface area contributed by atoms with Crippen LogP contribution in [0.15, 0.2) is 0 Å². The van der Waals surface area contributed by atoms with Crippen molar-refractivity contribution in [2.45, 2.75) is 58.3 Å². The van der Waals surface area contributed by atoms with Crippen molar-refractivity contribution in [2.24, 2.45) is 11.7 Å². The molecule has 25 heavy (non-hydrogen) atoms. The van der Waals surface area contributed by atoms with Gasteiger partial charge in [0.2, 0.25) is 17.7 Å². The Hall–Kier alpha value is -2.20. The fourth-order valence-corrected chi connectivity index (χ4v) is 1.83. The number of aliphatic carboxylic acids is 1. The minimum atomic E-state index is -1.19. The largest absolute Gasteiger partial charge is 0.480 e. The lowest BCUT2D eigenvalue weighted by atomic mass is 10.0. The fourth-order valence-electron chi connectivity index (χ4n) is 1.83. The molecular weight excluding hydrogens is 332 g/mol. The molecule has 144 valence electrons. The molecular formula is C15H28N4O6. The maximum atomic E-state index is 12.1. The predicted octanol–water partition coefficient (Wildman–Crippen LogP) is -2.07. The van der Waals surface area contributed by atoms with Gasteiger partial charge in [0.1, 0.15) is 18.1 Å². The monoisotopic (exact) mass is 360 g/mol. The van der Waals surface area contributed by atoms with Crippen molar-refractivity contribution in [1.29, 1.82) is 0 Å². The van der Waals surface area contributed by atoms with Gasteiger partial charge in [0.25, 0.3) is 0 Å². The van der Waals surface area contributed by atoms with Gasteiger partial charge < -0.3 is 31.9 Å². The van der Waals surface area contributed by atoms with E-state index in [9.17, 15) is 24.3 Å². The second-order valence-electron chi connectivity index (χ2n) is 6.30. The zero-order valence-electron chi connectivity index (χ0n) is 14.9. The number of rotatable bonds is 10. The lowest BCUT2D eigenvalue weighted by Gasteiger charge is -2.22. The van der Waals surface area contributed by atoms with Crippen LogP contribution in [0.2, 0.25) is 0 Å². The molecule has 0 aromatic heterocycles. The Balaban J connectivity index is 4.70. The van der Waals surface area contributed by atoms with Crippen molar-refractivity contribution in [3.05, 3.63) is 0 Å². The van der Waals surface area contributed by atoms with E-state index < -0.39 is 54.5 Å². The highest BCUT2D eigenvalue weighted by Crippen LogP contribution is 2.05. The first-order valence-corrected chi connectivity index (χ1v) is 7.99. The first kappa shape index (κ1) is 22.8.